The van der Waals surface area contributed by atoms with Gasteiger partial charge in [0.25, 0.3) is 0 Å². The Hall–Kier alpha value is -0.620. The van der Waals surface area contributed by atoms with Crippen molar-refractivity contribution in [3.8, 4) is 0 Å². The van der Waals surface area contributed by atoms with Crippen LogP contribution in [0.2, 0.25) is 5.02 Å². The van der Waals surface area contributed by atoms with E-state index in [1.54, 1.807) is 0 Å². The molecule has 1 atom stereocenters. The van der Waals surface area contributed by atoms with Crippen molar-refractivity contribution in [2.45, 2.75) is 17.4 Å². The molecule has 0 radical (unpaired) electrons. The molecule has 6 heteroatoms. The Kier molecular flexibility index (Phi) is 4.73. The molecule has 3 N–H and O–H groups in total. The van der Waals surface area contributed by atoms with Crippen molar-refractivity contribution < 1.29 is 13.5 Å². The van der Waals surface area contributed by atoms with E-state index >= 15 is 0 Å². The minimum atomic E-state index is -3.39. The van der Waals surface area contributed by atoms with Gasteiger partial charge in [-0.1, -0.05) is 11.6 Å². The van der Waals surface area contributed by atoms with Crippen LogP contribution in [0.25, 0.3) is 0 Å². The quantitative estimate of drug-likeness (QED) is 0.824. The molecule has 1 unspecified atom stereocenters. The molecule has 4 nitrogen and oxygen atoms in total. The van der Waals surface area contributed by atoms with E-state index in [2.05, 4.69) is 0 Å². The van der Waals surface area contributed by atoms with Gasteiger partial charge in [-0.15, -0.1) is 0 Å². The van der Waals surface area contributed by atoms with Crippen LogP contribution in [0.1, 0.15) is 6.42 Å². The molecular formula is C10H14ClNO3S. The van der Waals surface area contributed by atoms with Crippen LogP contribution in [0.4, 0.5) is 0 Å². The van der Waals surface area contributed by atoms with Crippen molar-refractivity contribution >= 4 is 21.4 Å². The fourth-order valence-corrected chi connectivity index (χ4v) is 2.87. The molecule has 0 bridgehead atoms. The lowest BCUT2D eigenvalue weighted by Gasteiger charge is -2.10. The van der Waals surface area contributed by atoms with E-state index < -0.39 is 15.9 Å². The van der Waals surface area contributed by atoms with E-state index in [9.17, 15) is 8.42 Å². The Morgan fingerprint density at radius 3 is 2.38 bits per heavy atom. The molecule has 0 fully saturated rings. The lowest BCUT2D eigenvalue weighted by molar-refractivity contribution is 0.279. The topological polar surface area (TPSA) is 80.4 Å². The SMILES string of the molecule is NC(CCO)CS(=O)(=O)c1ccc(Cl)cc1. The van der Waals surface area contributed by atoms with Crippen LogP contribution in [-0.4, -0.2) is 31.9 Å². The molecule has 0 aliphatic heterocycles. The molecule has 1 rings (SSSR count). The number of aliphatic hydroxyl groups excluding tert-OH is 1. The summed E-state index contributed by atoms with van der Waals surface area (Å²) in [5.41, 5.74) is 5.57. The number of aliphatic hydroxyl groups is 1. The van der Waals surface area contributed by atoms with Gasteiger partial charge in [0.1, 0.15) is 0 Å². The number of benzene rings is 1. The van der Waals surface area contributed by atoms with Gasteiger partial charge in [0, 0.05) is 17.7 Å². The lowest BCUT2D eigenvalue weighted by atomic mass is 10.3. The standard InChI is InChI=1S/C10H14ClNO3S/c11-8-1-3-10(4-2-8)16(14,15)7-9(12)5-6-13/h1-4,9,13H,5-7,12H2. The molecule has 1 aromatic carbocycles. The molecule has 0 aromatic heterocycles. The van der Waals surface area contributed by atoms with Gasteiger partial charge in [0.15, 0.2) is 9.84 Å². The number of halogens is 1. The van der Waals surface area contributed by atoms with Crippen LogP contribution < -0.4 is 5.73 Å². The summed E-state index contributed by atoms with van der Waals surface area (Å²) in [4.78, 5) is 0.199. The van der Waals surface area contributed by atoms with E-state index in [-0.39, 0.29) is 23.7 Å². The highest BCUT2D eigenvalue weighted by Gasteiger charge is 2.18. The van der Waals surface area contributed by atoms with Crippen LogP contribution in [0.15, 0.2) is 29.2 Å². The van der Waals surface area contributed by atoms with Crippen LogP contribution in [-0.2, 0) is 9.84 Å². The second-order valence-electron chi connectivity index (χ2n) is 3.51. The van der Waals surface area contributed by atoms with E-state index in [0.717, 1.165) is 0 Å². The minimum absolute atomic E-state index is 0.114. The normalized spacial score (nSPS) is 13.7. The predicted molar refractivity (Wildman–Crippen MR) is 63.2 cm³/mol. The zero-order chi connectivity index (χ0) is 12.2. The second-order valence-corrected chi connectivity index (χ2v) is 5.98. The monoisotopic (exact) mass is 263 g/mol. The Balaban J connectivity index is 2.82. The van der Waals surface area contributed by atoms with E-state index in [4.69, 9.17) is 22.4 Å². The van der Waals surface area contributed by atoms with Gasteiger partial charge in [-0.25, -0.2) is 8.42 Å². The Bertz CT molecular complexity index is 430. The van der Waals surface area contributed by atoms with Crippen molar-refractivity contribution in [2.24, 2.45) is 5.73 Å². The Labute approximate surface area is 100.0 Å². The fourth-order valence-electron chi connectivity index (χ4n) is 1.27. The first-order chi connectivity index (χ1) is 7.45. The summed E-state index contributed by atoms with van der Waals surface area (Å²) in [6.07, 6.45) is 0.271. The lowest BCUT2D eigenvalue weighted by Crippen LogP contribution is -2.30. The van der Waals surface area contributed by atoms with E-state index in [0.29, 0.717) is 5.02 Å². The number of rotatable bonds is 5. The highest BCUT2D eigenvalue weighted by molar-refractivity contribution is 7.91. The number of hydrogen-bond donors (Lipinski definition) is 2. The molecule has 1 aromatic rings. The van der Waals surface area contributed by atoms with Crippen molar-refractivity contribution in [1.29, 1.82) is 0 Å². The van der Waals surface area contributed by atoms with E-state index in [1.165, 1.54) is 24.3 Å². The fraction of sp³-hybridized carbons (Fsp3) is 0.400. The molecule has 0 saturated heterocycles. The third-order valence-corrected chi connectivity index (χ3v) is 4.22. The molecule has 90 valence electrons. The van der Waals surface area contributed by atoms with Gasteiger partial charge in [0.05, 0.1) is 10.6 Å². The van der Waals surface area contributed by atoms with Crippen LogP contribution in [0, 0.1) is 0 Å². The summed E-state index contributed by atoms with van der Waals surface area (Å²) in [5.74, 6) is -0.171. The molecule has 0 aliphatic carbocycles. The Morgan fingerprint density at radius 1 is 1.31 bits per heavy atom. The predicted octanol–water partition coefficient (Wildman–Crippen LogP) is 0.823. The first-order valence-electron chi connectivity index (χ1n) is 4.80. The van der Waals surface area contributed by atoms with Gasteiger partial charge >= 0.3 is 0 Å². The highest BCUT2D eigenvalue weighted by Crippen LogP contribution is 2.16. The van der Waals surface area contributed by atoms with Gasteiger partial charge in [-0.2, -0.15) is 0 Å². The van der Waals surface area contributed by atoms with Crippen molar-refractivity contribution in [2.75, 3.05) is 12.4 Å². The highest BCUT2D eigenvalue weighted by atomic mass is 35.5. The maximum absolute atomic E-state index is 11.8. The molecule has 0 aliphatic rings. The summed E-state index contributed by atoms with van der Waals surface area (Å²) in [6.45, 7) is -0.114. The third-order valence-electron chi connectivity index (χ3n) is 2.11. The summed E-state index contributed by atoms with van der Waals surface area (Å²) in [5, 5.41) is 9.13. The maximum Gasteiger partial charge on any atom is 0.179 e. The molecular weight excluding hydrogens is 250 g/mol. The number of hydrogen-bond acceptors (Lipinski definition) is 4. The van der Waals surface area contributed by atoms with Crippen LogP contribution in [0.3, 0.4) is 0 Å². The first kappa shape index (κ1) is 13.4. The Morgan fingerprint density at radius 2 is 1.88 bits per heavy atom. The van der Waals surface area contributed by atoms with Crippen LogP contribution >= 0.6 is 11.6 Å². The first-order valence-corrected chi connectivity index (χ1v) is 6.83. The summed E-state index contributed by atoms with van der Waals surface area (Å²) in [7, 11) is -3.39. The number of sulfone groups is 1. The second kappa shape index (κ2) is 5.63. The van der Waals surface area contributed by atoms with Gasteiger partial charge in [0.2, 0.25) is 0 Å². The van der Waals surface area contributed by atoms with Gasteiger partial charge in [-0.05, 0) is 30.7 Å². The summed E-state index contributed by atoms with van der Waals surface area (Å²) in [6, 6.07) is 5.38. The molecule has 0 amide bonds. The van der Waals surface area contributed by atoms with Crippen molar-refractivity contribution in [1.82, 2.24) is 0 Å². The smallest absolute Gasteiger partial charge is 0.179 e. The maximum atomic E-state index is 11.8. The zero-order valence-corrected chi connectivity index (χ0v) is 10.2. The third kappa shape index (κ3) is 3.75. The average molecular weight is 264 g/mol. The summed E-state index contributed by atoms with van der Waals surface area (Å²) < 4.78 is 23.6. The summed E-state index contributed by atoms with van der Waals surface area (Å²) >= 11 is 5.66. The molecule has 16 heavy (non-hydrogen) atoms. The van der Waals surface area contributed by atoms with Crippen molar-refractivity contribution in [3.05, 3.63) is 29.3 Å². The molecule has 0 heterocycles. The van der Waals surface area contributed by atoms with Crippen molar-refractivity contribution in [3.63, 3.8) is 0 Å². The van der Waals surface area contributed by atoms with Gasteiger partial charge < -0.3 is 10.8 Å². The number of nitrogens with two attached hydrogens (primary N) is 1. The largest absolute Gasteiger partial charge is 0.396 e. The van der Waals surface area contributed by atoms with Crippen LogP contribution in [0.5, 0.6) is 0 Å². The molecule has 0 spiro atoms. The van der Waals surface area contributed by atoms with E-state index in [1.807, 2.05) is 0 Å². The molecule has 0 saturated carbocycles. The minimum Gasteiger partial charge on any atom is -0.396 e. The average Bonchev–Trinajstić information content (AvgIpc) is 2.17. The zero-order valence-electron chi connectivity index (χ0n) is 8.64. The van der Waals surface area contributed by atoms with Gasteiger partial charge in [-0.3, -0.25) is 0 Å².